The van der Waals surface area contributed by atoms with Crippen molar-refractivity contribution in [2.45, 2.75) is 25.3 Å². The molecule has 0 unspecified atom stereocenters. The number of hydrogen-bond acceptors (Lipinski definition) is 4. The van der Waals surface area contributed by atoms with Crippen molar-refractivity contribution in [3.8, 4) is 11.4 Å². The normalized spacial score (nSPS) is 13.9. The minimum absolute atomic E-state index is 0.227. The molecule has 4 aromatic rings. The van der Waals surface area contributed by atoms with Gasteiger partial charge in [-0.1, -0.05) is 17.7 Å². The van der Waals surface area contributed by atoms with E-state index in [0.717, 1.165) is 34.1 Å². The third kappa shape index (κ3) is 2.89. The molecule has 3 aromatic heterocycles. The van der Waals surface area contributed by atoms with Crippen LogP contribution in [0.15, 0.2) is 48.1 Å². The Morgan fingerprint density at radius 2 is 2.14 bits per heavy atom. The quantitative estimate of drug-likeness (QED) is 0.476. The Morgan fingerprint density at radius 1 is 1.29 bits per heavy atom. The smallest absolute Gasteiger partial charge is 0.354 e. The molecule has 3 heterocycles. The fourth-order valence-corrected chi connectivity index (χ4v) is 4.93. The molecule has 1 fully saturated rings. The lowest BCUT2D eigenvalue weighted by molar-refractivity contribution is 0.0684. The predicted molar refractivity (Wildman–Crippen MR) is 110 cm³/mol. The maximum atomic E-state index is 12.2. The highest BCUT2D eigenvalue weighted by molar-refractivity contribution is 7.17. The van der Waals surface area contributed by atoms with Crippen molar-refractivity contribution in [2.75, 3.05) is 0 Å². The number of aromatic nitrogens is 3. The summed E-state index contributed by atoms with van der Waals surface area (Å²) in [6.07, 6.45) is 5.39. The Morgan fingerprint density at radius 3 is 2.86 bits per heavy atom. The SMILES string of the molecule is O=C(O)c1c(C2CC2)nc(-c2cccnc2)n1Cc1csc2cccc(Cl)c12. The maximum absolute atomic E-state index is 12.2. The molecule has 28 heavy (non-hydrogen) atoms. The van der Waals surface area contributed by atoms with Crippen LogP contribution in [0.2, 0.25) is 5.02 Å². The molecular weight excluding hydrogens is 394 g/mol. The highest BCUT2D eigenvalue weighted by Crippen LogP contribution is 2.43. The summed E-state index contributed by atoms with van der Waals surface area (Å²) in [4.78, 5) is 21.1. The lowest BCUT2D eigenvalue weighted by Crippen LogP contribution is -2.12. The number of pyridine rings is 1. The van der Waals surface area contributed by atoms with Crippen molar-refractivity contribution >= 4 is 39.0 Å². The average molecular weight is 410 g/mol. The van der Waals surface area contributed by atoms with E-state index in [-0.39, 0.29) is 11.6 Å². The molecular formula is C21H16ClN3O2S. The number of imidazole rings is 1. The molecule has 1 aliphatic rings. The standard InChI is InChI=1S/C21H16ClN3O2S/c22-15-4-1-5-16-17(15)14(11-28-16)10-25-19(21(26)27)18(12-6-7-12)24-20(25)13-3-2-8-23-9-13/h1-5,8-9,11-12H,6-7,10H2,(H,26,27). The zero-order valence-electron chi connectivity index (χ0n) is 14.8. The number of aromatic carboxylic acids is 1. The largest absolute Gasteiger partial charge is 0.477 e. The van der Waals surface area contributed by atoms with E-state index >= 15 is 0 Å². The van der Waals surface area contributed by atoms with Crippen LogP contribution in [0.25, 0.3) is 21.5 Å². The first-order valence-electron chi connectivity index (χ1n) is 9.02. The van der Waals surface area contributed by atoms with Crippen LogP contribution in [0.5, 0.6) is 0 Å². The summed E-state index contributed by atoms with van der Waals surface area (Å²) in [5.41, 5.74) is 2.75. The molecule has 1 aliphatic carbocycles. The molecule has 1 saturated carbocycles. The molecule has 0 amide bonds. The van der Waals surface area contributed by atoms with Gasteiger partial charge in [0.1, 0.15) is 5.82 Å². The molecule has 1 N–H and O–H groups in total. The Bertz CT molecular complexity index is 1200. The van der Waals surface area contributed by atoms with Crippen molar-refractivity contribution in [1.82, 2.24) is 14.5 Å². The first kappa shape index (κ1) is 17.4. The number of carbonyl (C=O) groups is 1. The Kier molecular flexibility index (Phi) is 4.18. The van der Waals surface area contributed by atoms with Crippen molar-refractivity contribution in [1.29, 1.82) is 0 Å². The highest BCUT2D eigenvalue weighted by atomic mass is 35.5. The van der Waals surface area contributed by atoms with Gasteiger partial charge in [0.2, 0.25) is 0 Å². The van der Waals surface area contributed by atoms with E-state index in [2.05, 4.69) is 4.98 Å². The number of nitrogens with zero attached hydrogens (tertiary/aromatic N) is 3. The molecule has 140 valence electrons. The fraction of sp³-hybridized carbons (Fsp3) is 0.190. The first-order valence-corrected chi connectivity index (χ1v) is 10.3. The second-order valence-corrected chi connectivity index (χ2v) is 8.27. The van der Waals surface area contributed by atoms with Crippen molar-refractivity contribution < 1.29 is 9.90 Å². The number of fused-ring (bicyclic) bond motifs is 1. The number of thiophene rings is 1. The van der Waals surface area contributed by atoms with E-state index in [4.69, 9.17) is 16.6 Å². The Hall–Kier alpha value is -2.70. The minimum Gasteiger partial charge on any atom is -0.477 e. The summed E-state index contributed by atoms with van der Waals surface area (Å²) in [7, 11) is 0. The Labute approximate surface area is 170 Å². The van der Waals surface area contributed by atoms with Gasteiger partial charge >= 0.3 is 5.97 Å². The molecule has 0 spiro atoms. The van der Waals surface area contributed by atoms with Crippen LogP contribution in [0.4, 0.5) is 0 Å². The maximum Gasteiger partial charge on any atom is 0.354 e. The third-order valence-corrected chi connectivity index (χ3v) is 6.35. The van der Waals surface area contributed by atoms with Gasteiger partial charge in [-0.05, 0) is 48.1 Å². The van der Waals surface area contributed by atoms with Gasteiger partial charge < -0.3 is 9.67 Å². The van der Waals surface area contributed by atoms with Gasteiger partial charge in [-0.25, -0.2) is 9.78 Å². The molecule has 0 bridgehead atoms. The summed E-state index contributed by atoms with van der Waals surface area (Å²) < 4.78 is 2.89. The van der Waals surface area contributed by atoms with E-state index in [1.807, 2.05) is 35.7 Å². The van der Waals surface area contributed by atoms with Gasteiger partial charge in [0, 0.05) is 39.0 Å². The van der Waals surface area contributed by atoms with Gasteiger partial charge in [-0.15, -0.1) is 11.3 Å². The van der Waals surface area contributed by atoms with Gasteiger partial charge in [-0.3, -0.25) is 4.98 Å². The topological polar surface area (TPSA) is 68.0 Å². The Balaban J connectivity index is 1.72. The minimum atomic E-state index is -0.949. The van der Waals surface area contributed by atoms with E-state index in [1.54, 1.807) is 28.3 Å². The molecule has 0 radical (unpaired) electrons. The van der Waals surface area contributed by atoms with Crippen LogP contribution in [0.1, 0.15) is 40.5 Å². The summed E-state index contributed by atoms with van der Waals surface area (Å²) in [5, 5.41) is 13.7. The van der Waals surface area contributed by atoms with Gasteiger partial charge in [0.25, 0.3) is 0 Å². The van der Waals surface area contributed by atoms with Gasteiger partial charge in [0.15, 0.2) is 5.69 Å². The van der Waals surface area contributed by atoms with E-state index < -0.39 is 5.97 Å². The molecule has 1 aromatic carbocycles. The molecule has 0 saturated heterocycles. The summed E-state index contributed by atoms with van der Waals surface area (Å²) in [6.45, 7) is 0.398. The molecule has 0 aliphatic heterocycles. The van der Waals surface area contributed by atoms with Crippen LogP contribution in [0.3, 0.4) is 0 Å². The van der Waals surface area contributed by atoms with E-state index in [0.29, 0.717) is 23.1 Å². The summed E-state index contributed by atoms with van der Waals surface area (Å²) in [5.74, 6) is -0.0837. The second-order valence-electron chi connectivity index (χ2n) is 6.95. The lowest BCUT2D eigenvalue weighted by Gasteiger charge is -2.10. The van der Waals surface area contributed by atoms with Crippen molar-refractivity contribution in [3.05, 3.63) is 70.1 Å². The van der Waals surface area contributed by atoms with Crippen LogP contribution in [0, 0.1) is 0 Å². The first-order chi connectivity index (χ1) is 13.6. The number of hydrogen-bond donors (Lipinski definition) is 1. The molecule has 5 rings (SSSR count). The van der Waals surface area contributed by atoms with Gasteiger partial charge in [-0.2, -0.15) is 0 Å². The molecule has 0 atom stereocenters. The van der Waals surface area contributed by atoms with Crippen molar-refractivity contribution in [3.63, 3.8) is 0 Å². The summed E-state index contributed by atoms with van der Waals surface area (Å²) in [6, 6.07) is 9.56. The predicted octanol–water partition coefficient (Wildman–Crippen LogP) is 5.44. The number of carboxylic acids is 1. The van der Waals surface area contributed by atoms with Crippen LogP contribution < -0.4 is 0 Å². The molecule has 5 nitrogen and oxygen atoms in total. The number of halogens is 1. The average Bonchev–Trinajstić information content (AvgIpc) is 3.35. The monoisotopic (exact) mass is 409 g/mol. The number of carboxylic acid groups (broad SMARTS) is 1. The van der Waals surface area contributed by atoms with Crippen LogP contribution >= 0.6 is 22.9 Å². The number of rotatable bonds is 5. The van der Waals surface area contributed by atoms with E-state index in [1.165, 1.54) is 0 Å². The zero-order chi connectivity index (χ0) is 19.3. The summed E-state index contributed by atoms with van der Waals surface area (Å²) >= 11 is 8.06. The zero-order valence-corrected chi connectivity index (χ0v) is 16.4. The second kappa shape index (κ2) is 6.72. The third-order valence-electron chi connectivity index (χ3n) is 5.03. The fourth-order valence-electron chi connectivity index (χ4n) is 3.60. The van der Waals surface area contributed by atoms with E-state index in [9.17, 15) is 9.90 Å². The van der Waals surface area contributed by atoms with Crippen LogP contribution in [-0.4, -0.2) is 25.6 Å². The van der Waals surface area contributed by atoms with Crippen molar-refractivity contribution in [2.24, 2.45) is 0 Å². The highest BCUT2D eigenvalue weighted by Gasteiger charge is 2.34. The van der Waals surface area contributed by atoms with Gasteiger partial charge in [0.05, 0.1) is 12.2 Å². The molecule has 7 heteroatoms. The van der Waals surface area contributed by atoms with Crippen LogP contribution in [-0.2, 0) is 6.54 Å². The lowest BCUT2D eigenvalue weighted by atomic mass is 10.1. The number of benzene rings is 1.